The van der Waals surface area contributed by atoms with E-state index in [1.54, 1.807) is 27.9 Å². The molecule has 1 aliphatic heterocycles. The minimum absolute atomic E-state index is 0.142. The number of carbonyl (C=O) groups is 2. The third-order valence-electron chi connectivity index (χ3n) is 7.58. The fraction of sp³-hybridized carbons (Fsp3) is 0.424. The molecule has 44 heavy (non-hydrogen) atoms. The van der Waals surface area contributed by atoms with Gasteiger partial charge >= 0.3 is 0 Å². The minimum atomic E-state index is -0.628. The molecule has 0 saturated carbocycles. The summed E-state index contributed by atoms with van der Waals surface area (Å²) in [6, 6.07) is 13.0. The van der Waals surface area contributed by atoms with Gasteiger partial charge in [-0.2, -0.15) is 10.4 Å². The Morgan fingerprint density at radius 1 is 1.25 bits per heavy atom. The number of fused-ring (bicyclic) bond motifs is 1. The summed E-state index contributed by atoms with van der Waals surface area (Å²) in [7, 11) is 0. The van der Waals surface area contributed by atoms with Gasteiger partial charge in [-0.1, -0.05) is 46.8 Å². The highest BCUT2D eigenvalue weighted by Crippen LogP contribution is 2.31. The number of amides is 2. The Labute approximate surface area is 261 Å². The molecule has 230 valence electrons. The number of aromatic nitrogens is 4. The molecule has 5 rings (SSSR count). The van der Waals surface area contributed by atoms with Gasteiger partial charge in [-0.05, 0) is 66.5 Å². The lowest BCUT2D eigenvalue weighted by Gasteiger charge is -2.26. The molecule has 0 radical (unpaired) electrons. The minimum Gasteiger partial charge on any atom is -0.388 e. The molecule has 1 saturated heterocycles. The first-order valence-corrected chi connectivity index (χ1v) is 15.8. The molecule has 1 fully saturated rings. The fourth-order valence-electron chi connectivity index (χ4n) is 5.59. The molecule has 4 heterocycles. The predicted octanol–water partition coefficient (Wildman–Crippen LogP) is 6.10. The Bertz CT molecular complexity index is 1720. The lowest BCUT2D eigenvalue weighted by molar-refractivity contribution is -0.127. The number of anilines is 1. The zero-order chi connectivity index (χ0) is 31.6. The van der Waals surface area contributed by atoms with E-state index in [2.05, 4.69) is 30.3 Å². The standard InChI is InChI=1S/C33H39N7O3S/c1-21(2)16-27(41)22-9-10-26-25(17-22)36-32(37-30(42)28-11-12-29(44-28)40-15-7-13-35-40)39(26)20-24-8-6-14-38(24)31(43)23(19-34)18-33(3,4)5/h7,9-13,15,17-18,21,24,27,41H,6,8,14,16,20H2,1-5H3,(H,36,37,42)/t24-,27?/m1/s1. The van der Waals surface area contributed by atoms with Crippen molar-refractivity contribution in [3.8, 4) is 11.1 Å². The number of allylic oxidation sites excluding steroid dienone is 1. The highest BCUT2D eigenvalue weighted by atomic mass is 32.1. The van der Waals surface area contributed by atoms with Gasteiger partial charge in [0.2, 0.25) is 5.95 Å². The third kappa shape index (κ3) is 6.93. The molecule has 2 amide bonds. The van der Waals surface area contributed by atoms with Crippen molar-refractivity contribution in [2.45, 2.75) is 72.6 Å². The highest BCUT2D eigenvalue weighted by molar-refractivity contribution is 7.16. The quantitative estimate of drug-likeness (QED) is 0.173. The average molecular weight is 614 g/mol. The largest absolute Gasteiger partial charge is 0.388 e. The van der Waals surface area contributed by atoms with Crippen molar-refractivity contribution in [3.63, 3.8) is 0 Å². The Balaban J connectivity index is 1.48. The van der Waals surface area contributed by atoms with E-state index in [0.717, 1.165) is 28.9 Å². The summed E-state index contributed by atoms with van der Waals surface area (Å²) in [6.07, 6.45) is 6.80. The Morgan fingerprint density at radius 2 is 2.05 bits per heavy atom. The Kier molecular flexibility index (Phi) is 9.04. The number of imidazole rings is 1. The number of aliphatic hydroxyl groups is 1. The van der Waals surface area contributed by atoms with Crippen LogP contribution in [0.1, 0.15) is 75.2 Å². The molecule has 1 unspecified atom stereocenters. The lowest BCUT2D eigenvalue weighted by atomic mass is 9.93. The van der Waals surface area contributed by atoms with Crippen LogP contribution in [-0.2, 0) is 11.3 Å². The van der Waals surface area contributed by atoms with Crippen LogP contribution >= 0.6 is 11.3 Å². The first kappa shape index (κ1) is 31.2. The second kappa shape index (κ2) is 12.8. The van der Waals surface area contributed by atoms with Gasteiger partial charge in [0.05, 0.1) is 28.1 Å². The SMILES string of the molecule is CC(C)CC(O)c1ccc2c(c1)nc(NC(=O)c1ccc(-n3cccn3)s1)n2C[C@H]1CCCN1C(=O)C(C#N)=CC(C)(C)C. The average Bonchev–Trinajstić information content (AvgIpc) is 3.77. The molecule has 2 N–H and O–H groups in total. The molecule has 0 aliphatic carbocycles. The van der Waals surface area contributed by atoms with Gasteiger partial charge < -0.3 is 14.6 Å². The number of benzene rings is 1. The number of nitrogens with zero attached hydrogens (tertiary/aromatic N) is 6. The second-order valence-corrected chi connectivity index (χ2v) is 13.9. The first-order chi connectivity index (χ1) is 20.9. The van der Waals surface area contributed by atoms with E-state index < -0.39 is 6.10 Å². The smallest absolute Gasteiger partial charge is 0.268 e. The third-order valence-corrected chi connectivity index (χ3v) is 8.66. The van der Waals surface area contributed by atoms with E-state index in [0.29, 0.717) is 41.8 Å². The van der Waals surface area contributed by atoms with Crippen LogP contribution in [0.5, 0.6) is 0 Å². The topological polar surface area (TPSA) is 129 Å². The summed E-state index contributed by atoms with van der Waals surface area (Å²) in [4.78, 5) is 34.1. The van der Waals surface area contributed by atoms with Crippen LogP contribution in [0.2, 0.25) is 0 Å². The van der Waals surface area contributed by atoms with E-state index in [1.165, 1.54) is 11.3 Å². The molecular formula is C33H39N7O3S. The lowest BCUT2D eigenvalue weighted by Crippen LogP contribution is -2.39. The van der Waals surface area contributed by atoms with Crippen molar-refractivity contribution in [2.24, 2.45) is 11.3 Å². The van der Waals surface area contributed by atoms with E-state index in [9.17, 15) is 20.0 Å². The first-order valence-electron chi connectivity index (χ1n) is 15.0. The molecule has 2 atom stereocenters. The summed E-state index contributed by atoms with van der Waals surface area (Å²) in [5.74, 6) is 0.106. The van der Waals surface area contributed by atoms with Gasteiger partial charge in [0.15, 0.2) is 0 Å². The Morgan fingerprint density at radius 3 is 2.73 bits per heavy atom. The van der Waals surface area contributed by atoms with E-state index in [4.69, 9.17) is 4.98 Å². The molecule has 0 spiro atoms. The number of thiophene rings is 1. The molecule has 4 aromatic rings. The Hall–Kier alpha value is -4.27. The zero-order valence-corrected chi connectivity index (χ0v) is 26.6. The fourth-order valence-corrected chi connectivity index (χ4v) is 6.43. The molecule has 1 aliphatic rings. The van der Waals surface area contributed by atoms with Crippen LogP contribution in [0, 0.1) is 22.7 Å². The maximum absolute atomic E-state index is 13.5. The van der Waals surface area contributed by atoms with Crippen molar-refractivity contribution in [3.05, 3.63) is 70.9 Å². The van der Waals surface area contributed by atoms with Gasteiger partial charge in [0, 0.05) is 25.5 Å². The number of aliphatic hydroxyl groups excluding tert-OH is 1. The predicted molar refractivity (Wildman–Crippen MR) is 171 cm³/mol. The summed E-state index contributed by atoms with van der Waals surface area (Å²) in [5, 5.41) is 28.6. The van der Waals surface area contributed by atoms with Crippen molar-refractivity contribution in [1.82, 2.24) is 24.2 Å². The summed E-state index contributed by atoms with van der Waals surface area (Å²) in [5.41, 5.74) is 2.02. The van der Waals surface area contributed by atoms with E-state index in [1.807, 2.05) is 61.9 Å². The van der Waals surface area contributed by atoms with E-state index in [-0.39, 0.29) is 28.8 Å². The van der Waals surface area contributed by atoms with Crippen LogP contribution < -0.4 is 5.32 Å². The summed E-state index contributed by atoms with van der Waals surface area (Å²) in [6.45, 7) is 11.0. The number of likely N-dealkylation sites (tertiary alicyclic amines) is 1. The molecule has 0 bridgehead atoms. The number of nitriles is 1. The monoisotopic (exact) mass is 613 g/mol. The molecule has 11 heteroatoms. The van der Waals surface area contributed by atoms with Crippen LogP contribution in [0.4, 0.5) is 5.95 Å². The van der Waals surface area contributed by atoms with Crippen molar-refractivity contribution in [2.75, 3.05) is 11.9 Å². The van der Waals surface area contributed by atoms with Gasteiger partial charge in [-0.15, -0.1) is 11.3 Å². The molecule has 3 aromatic heterocycles. The number of carbonyl (C=O) groups excluding carboxylic acids is 2. The van der Waals surface area contributed by atoms with Crippen LogP contribution in [0.25, 0.3) is 16.0 Å². The molecular weight excluding hydrogens is 574 g/mol. The van der Waals surface area contributed by atoms with Crippen molar-refractivity contribution >= 4 is 40.1 Å². The van der Waals surface area contributed by atoms with Crippen LogP contribution in [0.15, 0.2) is 60.4 Å². The number of hydrogen-bond acceptors (Lipinski definition) is 7. The van der Waals surface area contributed by atoms with Crippen molar-refractivity contribution < 1.29 is 14.7 Å². The maximum atomic E-state index is 13.5. The van der Waals surface area contributed by atoms with Gasteiger partial charge in [-0.25, -0.2) is 9.67 Å². The zero-order valence-electron chi connectivity index (χ0n) is 25.8. The van der Waals surface area contributed by atoms with Gasteiger partial charge in [0.25, 0.3) is 11.8 Å². The maximum Gasteiger partial charge on any atom is 0.268 e. The van der Waals surface area contributed by atoms with E-state index >= 15 is 0 Å². The number of rotatable bonds is 9. The van der Waals surface area contributed by atoms with Crippen LogP contribution in [0.3, 0.4) is 0 Å². The number of hydrogen-bond donors (Lipinski definition) is 2. The van der Waals surface area contributed by atoms with Crippen LogP contribution in [-0.4, -0.2) is 53.7 Å². The summed E-state index contributed by atoms with van der Waals surface area (Å²) >= 11 is 1.32. The van der Waals surface area contributed by atoms with Crippen molar-refractivity contribution in [1.29, 1.82) is 5.26 Å². The molecule has 1 aromatic carbocycles. The van der Waals surface area contributed by atoms with Gasteiger partial charge in [0.1, 0.15) is 16.6 Å². The normalized spacial score (nSPS) is 16.5. The second-order valence-electron chi connectivity index (χ2n) is 12.8. The number of nitrogens with one attached hydrogen (secondary N) is 1. The molecule has 10 nitrogen and oxygen atoms in total. The summed E-state index contributed by atoms with van der Waals surface area (Å²) < 4.78 is 3.64. The van der Waals surface area contributed by atoms with Gasteiger partial charge in [-0.3, -0.25) is 14.9 Å². The highest BCUT2D eigenvalue weighted by Gasteiger charge is 2.33.